The minimum absolute atomic E-state index is 0. The van der Waals surface area contributed by atoms with Gasteiger partial charge in [0.05, 0.1) is 62.9 Å². The van der Waals surface area contributed by atoms with E-state index in [1.54, 1.807) is 0 Å². The van der Waals surface area contributed by atoms with Gasteiger partial charge in [-0.15, -0.1) is 0 Å². The van der Waals surface area contributed by atoms with E-state index in [2.05, 4.69) is 0 Å². The molecule has 0 aliphatic rings. The molecule has 0 unspecified atom stereocenters. The van der Waals surface area contributed by atoms with Crippen LogP contribution in [0.1, 0.15) is 28.5 Å². The van der Waals surface area contributed by atoms with E-state index in [-0.39, 0.29) is 75.1 Å². The average molecular weight is 632 g/mol. The van der Waals surface area contributed by atoms with Crippen LogP contribution in [-0.4, -0.2) is 149 Å². The van der Waals surface area contributed by atoms with Gasteiger partial charge < -0.3 is 55.2 Å². The van der Waals surface area contributed by atoms with Gasteiger partial charge in [-0.25, -0.2) is 0 Å². The molecule has 20 nitrogen and oxygen atoms in total. The van der Waals surface area contributed by atoms with Gasteiger partial charge in [-0.1, -0.05) is 0 Å². The number of aliphatic carboxylic acids is 8. The summed E-state index contributed by atoms with van der Waals surface area (Å²) >= 11 is 0. The zero-order valence-electron chi connectivity index (χ0n) is 25.0. The van der Waals surface area contributed by atoms with E-state index < -0.39 is 111 Å². The van der Waals surface area contributed by atoms with Crippen LogP contribution in [0.4, 0.5) is 0 Å². The molecular formula is C20H34N4Na2O16. The van der Waals surface area contributed by atoms with E-state index in [1.165, 1.54) is 0 Å². The predicted octanol–water partition coefficient (Wildman–Crippen LogP) is -9.56. The van der Waals surface area contributed by atoms with Crippen molar-refractivity contribution in [3.63, 3.8) is 0 Å². The molecular weight excluding hydrogens is 598 g/mol. The number of nitrogens with zero attached hydrogens (tertiary/aromatic N) is 2. The molecule has 0 saturated heterocycles. The van der Waals surface area contributed by atoms with E-state index in [0.717, 1.165) is 9.80 Å². The van der Waals surface area contributed by atoms with Crippen molar-refractivity contribution in [2.24, 2.45) is 11.5 Å². The van der Waals surface area contributed by atoms with Crippen molar-refractivity contribution in [1.82, 2.24) is 9.80 Å². The van der Waals surface area contributed by atoms with Crippen molar-refractivity contribution in [3.05, 3.63) is 0 Å². The summed E-state index contributed by atoms with van der Waals surface area (Å²) in [6, 6.07) is 0. The summed E-state index contributed by atoms with van der Waals surface area (Å²) in [5.41, 5.74) is 6.88. The standard InChI is InChI=1S/2C10H16N2O8.2Na.2H/c11-9(1-5(13)14,2-6(15)16)10(12,3-7(17)18)4-8(19)20;13-7(14)3-11(4-8(15)16)1-2-12(5-9(17)18)6-10(19)20;;;;/h1-4,11-12H2,(H,13,14)(H,15,16)(H,17,18)(H,19,20);1-6H2,(H,13,14)(H,15,16)(H,17,18)(H,19,20);;;;/q;;2*+1;2*-1. The first-order valence-corrected chi connectivity index (χ1v) is 10.9. The molecule has 22 heteroatoms. The number of rotatable bonds is 20. The molecule has 0 amide bonds. The zero-order chi connectivity index (χ0) is 31.8. The Morgan fingerprint density at radius 2 is 0.595 bits per heavy atom. The Morgan fingerprint density at radius 1 is 0.429 bits per heavy atom. The molecule has 0 atom stereocenters. The molecule has 0 aliphatic heterocycles. The molecule has 0 aromatic heterocycles. The Kier molecular flexibility index (Phi) is 24.6. The Hall–Kier alpha value is -2.40. The summed E-state index contributed by atoms with van der Waals surface area (Å²) in [5.74, 6) is -11.0. The van der Waals surface area contributed by atoms with Gasteiger partial charge in [0.25, 0.3) is 0 Å². The van der Waals surface area contributed by atoms with Crippen molar-refractivity contribution in [1.29, 1.82) is 0 Å². The quantitative estimate of drug-likeness (QED) is 0.0557. The normalized spacial score (nSPS) is 10.8. The first-order chi connectivity index (χ1) is 18.1. The van der Waals surface area contributed by atoms with Gasteiger partial charge in [0.2, 0.25) is 0 Å². The molecule has 232 valence electrons. The van der Waals surface area contributed by atoms with Gasteiger partial charge in [0, 0.05) is 13.1 Å². The third kappa shape index (κ3) is 22.2. The molecule has 0 spiro atoms. The van der Waals surface area contributed by atoms with Crippen LogP contribution in [-0.2, 0) is 38.4 Å². The molecule has 0 aromatic carbocycles. The summed E-state index contributed by atoms with van der Waals surface area (Å²) in [4.78, 5) is 87.5. The largest absolute Gasteiger partial charge is 1.00 e. The fourth-order valence-corrected chi connectivity index (χ4v) is 3.38. The van der Waals surface area contributed by atoms with Gasteiger partial charge in [0.15, 0.2) is 0 Å². The first-order valence-electron chi connectivity index (χ1n) is 10.9. The maximum absolute atomic E-state index is 10.8. The second-order valence-electron chi connectivity index (χ2n) is 8.59. The summed E-state index contributed by atoms with van der Waals surface area (Å²) in [6.45, 7) is -2.25. The topological polar surface area (TPSA) is 357 Å². The van der Waals surface area contributed by atoms with E-state index >= 15 is 0 Å². The Morgan fingerprint density at radius 3 is 0.714 bits per heavy atom. The van der Waals surface area contributed by atoms with Gasteiger partial charge in [0.1, 0.15) is 0 Å². The number of carboxylic acid groups (broad SMARTS) is 8. The van der Waals surface area contributed by atoms with Gasteiger partial charge in [-0.05, 0) is 0 Å². The van der Waals surface area contributed by atoms with E-state index in [0.29, 0.717) is 0 Å². The minimum Gasteiger partial charge on any atom is -1.00 e. The second kappa shape index (κ2) is 22.2. The van der Waals surface area contributed by atoms with Crippen molar-refractivity contribution in [3.8, 4) is 0 Å². The zero-order valence-corrected chi connectivity index (χ0v) is 27.0. The third-order valence-corrected chi connectivity index (χ3v) is 5.03. The van der Waals surface area contributed by atoms with Crippen LogP contribution < -0.4 is 70.6 Å². The smallest absolute Gasteiger partial charge is 1.00 e. The molecule has 0 saturated carbocycles. The summed E-state index contributed by atoms with van der Waals surface area (Å²) in [6.07, 6.45) is -3.90. The van der Waals surface area contributed by atoms with Crippen LogP contribution in [0.5, 0.6) is 0 Å². The number of hydrogen-bond acceptors (Lipinski definition) is 12. The predicted molar refractivity (Wildman–Crippen MR) is 128 cm³/mol. The van der Waals surface area contributed by atoms with Crippen LogP contribution in [0.25, 0.3) is 0 Å². The fraction of sp³-hybridized carbons (Fsp3) is 0.600. The molecule has 42 heavy (non-hydrogen) atoms. The molecule has 0 aromatic rings. The van der Waals surface area contributed by atoms with E-state index in [1.807, 2.05) is 0 Å². The molecule has 12 N–H and O–H groups in total. The maximum atomic E-state index is 10.8. The molecule has 0 rings (SSSR count). The summed E-state index contributed by atoms with van der Waals surface area (Å²) < 4.78 is 0. The van der Waals surface area contributed by atoms with Crippen LogP contribution in [0.2, 0.25) is 0 Å². The minimum atomic E-state index is -2.22. The van der Waals surface area contributed by atoms with Crippen molar-refractivity contribution >= 4 is 47.8 Å². The van der Waals surface area contributed by atoms with Gasteiger partial charge in [-0.3, -0.25) is 48.2 Å². The average Bonchev–Trinajstić information content (AvgIpc) is 2.68. The molecule has 0 heterocycles. The van der Waals surface area contributed by atoms with Crippen LogP contribution in [0, 0.1) is 0 Å². The van der Waals surface area contributed by atoms with Crippen molar-refractivity contribution in [2.45, 2.75) is 36.8 Å². The molecule has 0 bridgehead atoms. The number of hydrogen-bond donors (Lipinski definition) is 10. The maximum Gasteiger partial charge on any atom is 1.00 e. The van der Waals surface area contributed by atoms with Gasteiger partial charge >= 0.3 is 107 Å². The summed E-state index contributed by atoms with van der Waals surface area (Å²) in [7, 11) is 0. The Bertz CT molecular complexity index is 851. The summed E-state index contributed by atoms with van der Waals surface area (Å²) in [5, 5.41) is 69.5. The first kappa shape index (κ1) is 46.6. The fourth-order valence-electron chi connectivity index (χ4n) is 3.38. The second-order valence-corrected chi connectivity index (χ2v) is 8.59. The third-order valence-electron chi connectivity index (χ3n) is 5.03. The number of carboxylic acids is 8. The SMILES string of the molecule is NC(CC(=O)O)(CC(=O)O)C(N)(CC(=O)O)CC(=O)O.O=C(O)CN(CCN(CC(=O)O)CC(=O)O)CC(=O)O.[H-].[H-].[Na+].[Na+]. The molecule has 0 fully saturated rings. The van der Waals surface area contributed by atoms with E-state index in [9.17, 15) is 38.4 Å². The Balaban J connectivity index is -0.000000150. The number of carbonyl (C=O) groups is 8. The van der Waals surface area contributed by atoms with Crippen molar-refractivity contribution < 1.29 is 141 Å². The number of nitrogens with two attached hydrogens (primary N) is 2. The van der Waals surface area contributed by atoms with Crippen LogP contribution in [0.15, 0.2) is 0 Å². The molecule has 0 aliphatic carbocycles. The van der Waals surface area contributed by atoms with Crippen LogP contribution >= 0.6 is 0 Å². The molecule has 0 radical (unpaired) electrons. The van der Waals surface area contributed by atoms with Crippen LogP contribution in [0.3, 0.4) is 0 Å². The van der Waals surface area contributed by atoms with E-state index in [4.69, 9.17) is 52.3 Å². The van der Waals surface area contributed by atoms with Crippen molar-refractivity contribution in [2.75, 3.05) is 39.3 Å². The Labute approximate surface area is 284 Å². The van der Waals surface area contributed by atoms with Gasteiger partial charge in [-0.2, -0.15) is 0 Å². The monoisotopic (exact) mass is 632 g/mol.